The summed E-state index contributed by atoms with van der Waals surface area (Å²) >= 11 is 0. The van der Waals surface area contributed by atoms with Crippen molar-refractivity contribution in [2.24, 2.45) is 5.92 Å². The molecule has 0 aliphatic heterocycles. The SMILES string of the molecule is CC1CCCCC1(C(=O)O)n1cccnc1=O. The van der Waals surface area contributed by atoms with Crippen molar-refractivity contribution in [2.45, 2.75) is 38.1 Å². The van der Waals surface area contributed by atoms with Crippen LogP contribution in [0.25, 0.3) is 0 Å². The predicted molar refractivity (Wildman–Crippen MR) is 61.7 cm³/mol. The van der Waals surface area contributed by atoms with E-state index in [1.807, 2.05) is 6.92 Å². The van der Waals surface area contributed by atoms with E-state index in [1.165, 1.54) is 17.0 Å². The van der Waals surface area contributed by atoms with Gasteiger partial charge in [-0.2, -0.15) is 0 Å². The van der Waals surface area contributed by atoms with E-state index >= 15 is 0 Å². The van der Waals surface area contributed by atoms with E-state index in [0.29, 0.717) is 6.42 Å². The molecule has 2 rings (SSSR count). The molecule has 5 nitrogen and oxygen atoms in total. The maximum atomic E-state index is 11.8. The van der Waals surface area contributed by atoms with Crippen LogP contribution < -0.4 is 5.69 Å². The summed E-state index contributed by atoms with van der Waals surface area (Å²) in [7, 11) is 0. The molecule has 1 aliphatic rings. The van der Waals surface area contributed by atoms with Crippen LogP contribution in [-0.4, -0.2) is 20.6 Å². The van der Waals surface area contributed by atoms with E-state index < -0.39 is 17.2 Å². The molecule has 17 heavy (non-hydrogen) atoms. The Morgan fingerprint density at radius 3 is 2.94 bits per heavy atom. The summed E-state index contributed by atoms with van der Waals surface area (Å²) in [5, 5.41) is 9.55. The topological polar surface area (TPSA) is 72.2 Å². The molecule has 0 saturated heterocycles. The van der Waals surface area contributed by atoms with Gasteiger partial charge >= 0.3 is 11.7 Å². The van der Waals surface area contributed by atoms with E-state index in [2.05, 4.69) is 4.98 Å². The number of hydrogen-bond donors (Lipinski definition) is 1. The average molecular weight is 236 g/mol. The number of nitrogens with zero attached hydrogens (tertiary/aromatic N) is 2. The Morgan fingerprint density at radius 2 is 2.35 bits per heavy atom. The zero-order valence-corrected chi connectivity index (χ0v) is 9.80. The first-order chi connectivity index (χ1) is 8.09. The minimum atomic E-state index is -1.12. The van der Waals surface area contributed by atoms with Crippen LogP contribution in [0.4, 0.5) is 0 Å². The summed E-state index contributed by atoms with van der Waals surface area (Å²) in [6.45, 7) is 1.90. The molecule has 1 aromatic heterocycles. The maximum absolute atomic E-state index is 11.8. The molecule has 0 amide bonds. The van der Waals surface area contributed by atoms with Gasteiger partial charge in [0.05, 0.1) is 0 Å². The number of hydrogen-bond acceptors (Lipinski definition) is 3. The van der Waals surface area contributed by atoms with Gasteiger partial charge in [-0.1, -0.05) is 19.8 Å². The molecule has 2 unspecified atom stereocenters. The fourth-order valence-electron chi connectivity index (χ4n) is 2.77. The summed E-state index contributed by atoms with van der Waals surface area (Å²) in [4.78, 5) is 27.1. The van der Waals surface area contributed by atoms with Crippen LogP contribution in [0, 0.1) is 5.92 Å². The summed E-state index contributed by atoms with van der Waals surface area (Å²) < 4.78 is 1.29. The van der Waals surface area contributed by atoms with E-state index in [-0.39, 0.29) is 5.92 Å². The molecular formula is C12H16N2O3. The van der Waals surface area contributed by atoms with Crippen LogP contribution in [0.1, 0.15) is 32.6 Å². The third-order valence-corrected chi connectivity index (χ3v) is 3.77. The van der Waals surface area contributed by atoms with Crippen LogP contribution in [0.5, 0.6) is 0 Å². The van der Waals surface area contributed by atoms with Crippen molar-refractivity contribution in [2.75, 3.05) is 0 Å². The zero-order valence-electron chi connectivity index (χ0n) is 9.80. The number of carboxylic acid groups (broad SMARTS) is 1. The lowest BCUT2D eigenvalue weighted by atomic mass is 9.73. The molecule has 1 aromatic rings. The van der Waals surface area contributed by atoms with Crippen molar-refractivity contribution in [1.82, 2.24) is 9.55 Å². The predicted octanol–water partition coefficient (Wildman–Crippen LogP) is 1.23. The molecular weight excluding hydrogens is 220 g/mol. The van der Waals surface area contributed by atoms with Gasteiger partial charge in [-0.15, -0.1) is 0 Å². The van der Waals surface area contributed by atoms with Gasteiger partial charge in [-0.25, -0.2) is 14.6 Å². The fraction of sp³-hybridized carbons (Fsp3) is 0.583. The monoisotopic (exact) mass is 236 g/mol. The fourth-order valence-corrected chi connectivity index (χ4v) is 2.77. The number of rotatable bonds is 2. The molecule has 1 N–H and O–H groups in total. The molecule has 2 atom stereocenters. The summed E-state index contributed by atoms with van der Waals surface area (Å²) in [5.74, 6) is -0.990. The minimum absolute atomic E-state index is 0.0596. The third-order valence-electron chi connectivity index (χ3n) is 3.77. The van der Waals surface area contributed by atoms with Crippen molar-refractivity contribution in [3.63, 3.8) is 0 Å². The molecule has 1 saturated carbocycles. The number of carbonyl (C=O) groups is 1. The van der Waals surface area contributed by atoms with Gasteiger partial charge < -0.3 is 5.11 Å². The van der Waals surface area contributed by atoms with Gasteiger partial charge in [-0.3, -0.25) is 4.57 Å². The van der Waals surface area contributed by atoms with Gasteiger partial charge in [-0.05, 0) is 24.8 Å². The Hall–Kier alpha value is -1.65. The highest BCUT2D eigenvalue weighted by molar-refractivity contribution is 5.77. The largest absolute Gasteiger partial charge is 0.479 e. The van der Waals surface area contributed by atoms with Crippen molar-refractivity contribution >= 4 is 5.97 Å². The van der Waals surface area contributed by atoms with E-state index in [9.17, 15) is 14.7 Å². The Labute approximate surface area is 99.1 Å². The number of aromatic nitrogens is 2. The molecule has 5 heteroatoms. The van der Waals surface area contributed by atoms with Gasteiger partial charge in [0.1, 0.15) is 5.54 Å². The second kappa shape index (κ2) is 4.31. The van der Waals surface area contributed by atoms with Crippen LogP contribution in [0.3, 0.4) is 0 Å². The zero-order chi connectivity index (χ0) is 12.5. The Bertz CT molecular complexity index is 483. The number of aliphatic carboxylic acids is 1. The lowest BCUT2D eigenvalue weighted by molar-refractivity contribution is -0.153. The second-order valence-corrected chi connectivity index (χ2v) is 4.65. The van der Waals surface area contributed by atoms with Gasteiger partial charge in [0.15, 0.2) is 0 Å². The third kappa shape index (κ3) is 1.75. The lowest BCUT2D eigenvalue weighted by Crippen LogP contribution is -2.53. The van der Waals surface area contributed by atoms with Crippen LogP contribution in [0.2, 0.25) is 0 Å². The van der Waals surface area contributed by atoms with Crippen LogP contribution >= 0.6 is 0 Å². The molecule has 1 heterocycles. The summed E-state index contributed by atoms with van der Waals surface area (Å²) in [6, 6.07) is 1.60. The molecule has 0 spiro atoms. The normalized spacial score (nSPS) is 28.9. The summed E-state index contributed by atoms with van der Waals surface area (Å²) in [6.07, 6.45) is 6.10. The first kappa shape index (κ1) is 11.8. The summed E-state index contributed by atoms with van der Waals surface area (Å²) in [5.41, 5.74) is -1.60. The van der Waals surface area contributed by atoms with Gasteiger partial charge in [0, 0.05) is 12.4 Å². The first-order valence-corrected chi connectivity index (χ1v) is 5.86. The highest BCUT2D eigenvalue weighted by Crippen LogP contribution is 2.39. The van der Waals surface area contributed by atoms with E-state index in [0.717, 1.165) is 19.3 Å². The Morgan fingerprint density at radius 1 is 1.59 bits per heavy atom. The standard InChI is InChI=1S/C12H16N2O3/c1-9-5-2-3-6-12(9,10(15)16)14-8-4-7-13-11(14)17/h4,7-9H,2-3,5-6H2,1H3,(H,15,16). The van der Waals surface area contributed by atoms with Crippen molar-refractivity contribution in [3.8, 4) is 0 Å². The minimum Gasteiger partial charge on any atom is -0.479 e. The van der Waals surface area contributed by atoms with Crippen molar-refractivity contribution in [1.29, 1.82) is 0 Å². The highest BCUT2D eigenvalue weighted by Gasteiger charge is 2.47. The van der Waals surface area contributed by atoms with Crippen molar-refractivity contribution in [3.05, 3.63) is 28.9 Å². The Kier molecular flexibility index (Phi) is 3.00. The van der Waals surface area contributed by atoms with Crippen molar-refractivity contribution < 1.29 is 9.90 Å². The Balaban J connectivity index is 2.59. The first-order valence-electron chi connectivity index (χ1n) is 5.86. The molecule has 0 aromatic carbocycles. The number of carboxylic acids is 1. The van der Waals surface area contributed by atoms with E-state index in [1.54, 1.807) is 6.07 Å². The highest BCUT2D eigenvalue weighted by atomic mass is 16.4. The maximum Gasteiger partial charge on any atom is 0.348 e. The van der Waals surface area contributed by atoms with Gasteiger partial charge in [0.2, 0.25) is 0 Å². The smallest absolute Gasteiger partial charge is 0.348 e. The molecule has 1 aliphatic carbocycles. The van der Waals surface area contributed by atoms with E-state index in [4.69, 9.17) is 0 Å². The molecule has 1 fully saturated rings. The molecule has 0 radical (unpaired) electrons. The average Bonchev–Trinajstić information content (AvgIpc) is 2.30. The van der Waals surface area contributed by atoms with Gasteiger partial charge in [0.25, 0.3) is 0 Å². The molecule has 92 valence electrons. The quantitative estimate of drug-likeness (QED) is 0.838. The molecule has 0 bridgehead atoms. The van der Waals surface area contributed by atoms with Crippen LogP contribution in [-0.2, 0) is 10.3 Å². The lowest BCUT2D eigenvalue weighted by Gasteiger charge is -2.39. The van der Waals surface area contributed by atoms with Crippen LogP contribution in [0.15, 0.2) is 23.3 Å². The second-order valence-electron chi connectivity index (χ2n) is 4.65.